The fourth-order valence-corrected chi connectivity index (χ4v) is 4.12. The van der Waals surface area contributed by atoms with Crippen LogP contribution in [0.3, 0.4) is 0 Å². The molecule has 1 aliphatic heterocycles. The minimum atomic E-state index is 0.336. The van der Waals surface area contributed by atoms with Crippen molar-refractivity contribution in [2.45, 2.75) is 58.4 Å². The van der Waals surface area contributed by atoms with E-state index in [0.717, 1.165) is 0 Å². The van der Waals surface area contributed by atoms with Gasteiger partial charge in [0.25, 0.3) is 0 Å². The summed E-state index contributed by atoms with van der Waals surface area (Å²) in [6.07, 6.45) is 4.02. The molecule has 0 saturated heterocycles. The van der Waals surface area contributed by atoms with Crippen molar-refractivity contribution in [1.29, 1.82) is 0 Å². The summed E-state index contributed by atoms with van der Waals surface area (Å²) in [5, 5.41) is 3.79. The van der Waals surface area contributed by atoms with E-state index in [1.165, 1.54) is 30.5 Å². The summed E-state index contributed by atoms with van der Waals surface area (Å²) in [6.45, 7) is 9.49. The molecule has 1 saturated carbocycles. The molecule has 92 valence electrons. The molecule has 1 aromatic carbocycles. The third kappa shape index (κ3) is 1.44. The number of anilines is 1. The van der Waals surface area contributed by atoms with Crippen LogP contribution in [0.1, 0.15) is 51.2 Å². The first-order valence-electron chi connectivity index (χ1n) is 6.81. The van der Waals surface area contributed by atoms with Gasteiger partial charge in [-0.15, -0.1) is 0 Å². The number of fused-ring (bicyclic) bond motifs is 3. The highest BCUT2D eigenvalue weighted by atomic mass is 15.0. The van der Waals surface area contributed by atoms with Crippen LogP contribution in [0.15, 0.2) is 18.2 Å². The van der Waals surface area contributed by atoms with Crippen molar-refractivity contribution in [2.75, 3.05) is 5.32 Å². The van der Waals surface area contributed by atoms with Crippen LogP contribution in [-0.4, -0.2) is 6.04 Å². The molecule has 1 nitrogen and oxygen atoms in total. The number of hydrogen-bond donors (Lipinski definition) is 1. The van der Waals surface area contributed by atoms with Crippen LogP contribution >= 0.6 is 0 Å². The Morgan fingerprint density at radius 2 is 1.94 bits per heavy atom. The Hall–Kier alpha value is -0.980. The number of benzene rings is 1. The van der Waals surface area contributed by atoms with Crippen LogP contribution in [0.4, 0.5) is 5.69 Å². The van der Waals surface area contributed by atoms with Gasteiger partial charge in [-0.2, -0.15) is 0 Å². The van der Waals surface area contributed by atoms with Crippen LogP contribution in [0.25, 0.3) is 0 Å². The Bertz CT molecular complexity index is 461. The third-order valence-electron chi connectivity index (χ3n) is 5.03. The van der Waals surface area contributed by atoms with Crippen molar-refractivity contribution in [3.05, 3.63) is 29.3 Å². The topological polar surface area (TPSA) is 12.0 Å². The minimum absolute atomic E-state index is 0.336. The average molecular weight is 229 g/mol. The van der Waals surface area contributed by atoms with E-state index in [1.54, 1.807) is 5.56 Å². The second-order valence-corrected chi connectivity index (χ2v) is 6.89. The second-order valence-electron chi connectivity index (χ2n) is 6.89. The van der Waals surface area contributed by atoms with Gasteiger partial charge in [-0.05, 0) is 36.8 Å². The summed E-state index contributed by atoms with van der Waals surface area (Å²) in [7, 11) is 0. The SMILES string of the molecule is Cc1ccc2c(c1)[C@]1(C)CCCC(C)(C)[C@@H]1N2. The van der Waals surface area contributed by atoms with Crippen molar-refractivity contribution in [3.8, 4) is 0 Å². The van der Waals surface area contributed by atoms with Crippen molar-refractivity contribution in [2.24, 2.45) is 5.41 Å². The lowest BCUT2D eigenvalue weighted by Crippen LogP contribution is -2.49. The van der Waals surface area contributed by atoms with E-state index in [9.17, 15) is 0 Å². The molecule has 1 N–H and O–H groups in total. The molecule has 0 amide bonds. The van der Waals surface area contributed by atoms with Gasteiger partial charge >= 0.3 is 0 Å². The summed E-state index contributed by atoms with van der Waals surface area (Å²) >= 11 is 0. The maximum Gasteiger partial charge on any atom is 0.0407 e. The smallest absolute Gasteiger partial charge is 0.0407 e. The molecule has 1 aliphatic carbocycles. The van der Waals surface area contributed by atoms with E-state index in [0.29, 0.717) is 16.9 Å². The lowest BCUT2D eigenvalue weighted by atomic mass is 9.60. The van der Waals surface area contributed by atoms with Crippen LogP contribution in [0.2, 0.25) is 0 Å². The van der Waals surface area contributed by atoms with Gasteiger partial charge < -0.3 is 5.32 Å². The molecular formula is C16H23N. The predicted molar refractivity (Wildman–Crippen MR) is 73.6 cm³/mol. The van der Waals surface area contributed by atoms with Crippen LogP contribution < -0.4 is 5.32 Å². The van der Waals surface area contributed by atoms with Gasteiger partial charge in [0, 0.05) is 17.1 Å². The molecule has 0 radical (unpaired) electrons. The van der Waals surface area contributed by atoms with Gasteiger partial charge in [-0.1, -0.05) is 44.9 Å². The molecule has 0 aromatic heterocycles. The number of aryl methyl sites for hydroxylation is 1. The second kappa shape index (κ2) is 3.28. The molecule has 1 heteroatoms. The Morgan fingerprint density at radius 3 is 2.71 bits per heavy atom. The quantitative estimate of drug-likeness (QED) is 0.701. The molecule has 3 rings (SSSR count). The largest absolute Gasteiger partial charge is 0.381 e. The Morgan fingerprint density at radius 1 is 1.18 bits per heavy atom. The van der Waals surface area contributed by atoms with Crippen LogP contribution in [0, 0.1) is 12.3 Å². The Balaban J connectivity index is 2.13. The summed E-state index contributed by atoms with van der Waals surface area (Å²) in [4.78, 5) is 0. The molecule has 2 atom stereocenters. The van der Waals surface area contributed by atoms with Crippen LogP contribution in [0.5, 0.6) is 0 Å². The van der Waals surface area contributed by atoms with E-state index in [-0.39, 0.29) is 0 Å². The van der Waals surface area contributed by atoms with E-state index in [2.05, 4.69) is 51.2 Å². The number of rotatable bonds is 0. The molecular weight excluding hydrogens is 206 g/mol. The summed E-state index contributed by atoms with van der Waals surface area (Å²) in [5.74, 6) is 0. The molecule has 0 unspecified atom stereocenters. The molecule has 0 bridgehead atoms. The first-order chi connectivity index (χ1) is 7.93. The summed E-state index contributed by atoms with van der Waals surface area (Å²) in [6, 6.07) is 7.48. The fraction of sp³-hybridized carbons (Fsp3) is 0.625. The van der Waals surface area contributed by atoms with Gasteiger partial charge in [0.1, 0.15) is 0 Å². The monoisotopic (exact) mass is 229 g/mol. The van der Waals surface area contributed by atoms with Crippen molar-refractivity contribution in [3.63, 3.8) is 0 Å². The number of nitrogens with one attached hydrogen (secondary N) is 1. The molecule has 1 aromatic rings. The normalized spacial score (nSPS) is 33.8. The van der Waals surface area contributed by atoms with Gasteiger partial charge in [-0.3, -0.25) is 0 Å². The van der Waals surface area contributed by atoms with E-state index >= 15 is 0 Å². The Labute approximate surface area is 105 Å². The van der Waals surface area contributed by atoms with E-state index in [1.807, 2.05) is 0 Å². The molecule has 1 heterocycles. The molecule has 17 heavy (non-hydrogen) atoms. The summed E-state index contributed by atoms with van der Waals surface area (Å²) < 4.78 is 0. The highest BCUT2D eigenvalue weighted by Gasteiger charge is 2.51. The maximum absolute atomic E-state index is 3.79. The zero-order valence-electron chi connectivity index (χ0n) is 11.4. The minimum Gasteiger partial charge on any atom is -0.381 e. The highest BCUT2D eigenvalue weighted by molar-refractivity contribution is 5.63. The third-order valence-corrected chi connectivity index (χ3v) is 5.03. The average Bonchev–Trinajstić information content (AvgIpc) is 2.53. The molecule has 1 fully saturated rings. The van der Waals surface area contributed by atoms with Crippen molar-refractivity contribution < 1.29 is 0 Å². The lowest BCUT2D eigenvalue weighted by molar-refractivity contribution is 0.143. The number of hydrogen-bond acceptors (Lipinski definition) is 1. The predicted octanol–water partition coefficient (Wildman–Crippen LogP) is 4.26. The van der Waals surface area contributed by atoms with Crippen LogP contribution in [-0.2, 0) is 5.41 Å². The summed E-state index contributed by atoms with van der Waals surface area (Å²) in [5.41, 5.74) is 5.05. The highest BCUT2D eigenvalue weighted by Crippen LogP contribution is 2.54. The first kappa shape index (κ1) is 11.1. The van der Waals surface area contributed by atoms with Gasteiger partial charge in [0.05, 0.1) is 0 Å². The van der Waals surface area contributed by atoms with E-state index < -0.39 is 0 Å². The zero-order chi connectivity index (χ0) is 12.3. The van der Waals surface area contributed by atoms with Crippen molar-refractivity contribution >= 4 is 5.69 Å². The molecule has 0 spiro atoms. The zero-order valence-corrected chi connectivity index (χ0v) is 11.4. The van der Waals surface area contributed by atoms with Gasteiger partial charge in [-0.25, -0.2) is 0 Å². The fourth-order valence-electron chi connectivity index (χ4n) is 4.12. The Kier molecular flexibility index (Phi) is 2.14. The maximum atomic E-state index is 3.79. The van der Waals surface area contributed by atoms with Gasteiger partial charge in [0.15, 0.2) is 0 Å². The standard InChI is InChI=1S/C16H23N/c1-11-6-7-13-12(10-11)16(4)9-5-8-15(2,3)14(16)17-13/h6-7,10,14,17H,5,8-9H2,1-4H3/t14-,16-/m0/s1. The van der Waals surface area contributed by atoms with Crippen molar-refractivity contribution in [1.82, 2.24) is 0 Å². The lowest BCUT2D eigenvalue weighted by Gasteiger charge is -2.47. The van der Waals surface area contributed by atoms with E-state index in [4.69, 9.17) is 0 Å². The molecule has 2 aliphatic rings. The first-order valence-corrected chi connectivity index (χ1v) is 6.81. The van der Waals surface area contributed by atoms with Gasteiger partial charge in [0.2, 0.25) is 0 Å².